The number of amides is 1. The molecule has 0 heterocycles. The molecule has 0 N–H and O–H groups in total. The zero-order valence-electron chi connectivity index (χ0n) is 16.4. The first-order valence-electron chi connectivity index (χ1n) is 9.77. The van der Waals surface area contributed by atoms with Gasteiger partial charge in [0.1, 0.15) is 11.5 Å². The molecule has 0 unspecified atom stereocenters. The van der Waals surface area contributed by atoms with E-state index in [0.29, 0.717) is 26.0 Å². The molecule has 150 valence electrons. The summed E-state index contributed by atoms with van der Waals surface area (Å²) in [5, 5.41) is 0. The minimum Gasteiger partial charge on any atom is -0.497 e. The molecule has 0 spiro atoms. The van der Waals surface area contributed by atoms with E-state index in [2.05, 4.69) is 0 Å². The van der Waals surface area contributed by atoms with Crippen LogP contribution in [-0.4, -0.2) is 50.2 Å². The average molecular weight is 377 g/mol. The molecule has 1 amide bonds. The number of rotatable bonds is 10. The lowest BCUT2D eigenvalue weighted by molar-refractivity contribution is -0.142. The normalized spacial score (nSPS) is 14.4. The highest BCUT2D eigenvalue weighted by molar-refractivity contribution is 5.77. The van der Waals surface area contributed by atoms with Crippen LogP contribution in [0.4, 0.5) is 0 Å². The summed E-state index contributed by atoms with van der Waals surface area (Å²) in [6.07, 6.45) is 6.89. The molecule has 0 aliphatic heterocycles. The fourth-order valence-corrected chi connectivity index (χ4v) is 3.45. The SMILES string of the molecule is COC(=O)CCN(C(=O)CCCOc1ccc(OC)cc1)C1CCCCC1. The van der Waals surface area contributed by atoms with E-state index in [9.17, 15) is 9.59 Å². The Hall–Kier alpha value is -2.24. The number of methoxy groups -OCH3 is 2. The Balaban J connectivity index is 1.79. The topological polar surface area (TPSA) is 65.1 Å². The Labute approximate surface area is 161 Å². The fourth-order valence-electron chi connectivity index (χ4n) is 3.45. The highest BCUT2D eigenvalue weighted by Gasteiger charge is 2.25. The summed E-state index contributed by atoms with van der Waals surface area (Å²) in [6, 6.07) is 7.64. The van der Waals surface area contributed by atoms with Gasteiger partial charge in [0.2, 0.25) is 5.91 Å². The zero-order valence-corrected chi connectivity index (χ0v) is 16.4. The molecule has 1 aliphatic carbocycles. The third-order valence-corrected chi connectivity index (χ3v) is 4.98. The van der Waals surface area contributed by atoms with Crippen molar-refractivity contribution in [3.05, 3.63) is 24.3 Å². The van der Waals surface area contributed by atoms with E-state index in [1.807, 2.05) is 29.2 Å². The summed E-state index contributed by atoms with van der Waals surface area (Å²) in [4.78, 5) is 26.1. The first-order valence-corrected chi connectivity index (χ1v) is 9.77. The van der Waals surface area contributed by atoms with Gasteiger partial charge in [-0.3, -0.25) is 9.59 Å². The van der Waals surface area contributed by atoms with Crippen LogP contribution >= 0.6 is 0 Å². The van der Waals surface area contributed by atoms with Crippen LogP contribution in [0.5, 0.6) is 11.5 Å². The molecule has 1 aromatic rings. The molecule has 0 bridgehead atoms. The highest BCUT2D eigenvalue weighted by Crippen LogP contribution is 2.24. The number of carbonyl (C=O) groups is 2. The van der Waals surface area contributed by atoms with Gasteiger partial charge in [0.15, 0.2) is 0 Å². The second-order valence-corrected chi connectivity index (χ2v) is 6.83. The number of hydrogen-bond donors (Lipinski definition) is 0. The summed E-state index contributed by atoms with van der Waals surface area (Å²) < 4.78 is 15.5. The first-order chi connectivity index (χ1) is 13.1. The van der Waals surface area contributed by atoms with Crippen molar-refractivity contribution in [1.82, 2.24) is 4.90 Å². The Kier molecular flexibility index (Phi) is 8.95. The molecule has 1 aromatic carbocycles. The van der Waals surface area contributed by atoms with Gasteiger partial charge in [-0.2, -0.15) is 0 Å². The molecule has 0 saturated heterocycles. The molecular formula is C21H31NO5. The van der Waals surface area contributed by atoms with Crippen molar-refractivity contribution in [3.63, 3.8) is 0 Å². The van der Waals surface area contributed by atoms with Crippen LogP contribution in [0.2, 0.25) is 0 Å². The number of ether oxygens (including phenoxy) is 3. The van der Waals surface area contributed by atoms with E-state index in [-0.39, 0.29) is 24.3 Å². The van der Waals surface area contributed by atoms with Crippen LogP contribution in [0.25, 0.3) is 0 Å². The minimum absolute atomic E-state index is 0.101. The molecule has 1 saturated carbocycles. The summed E-state index contributed by atoms with van der Waals surface area (Å²) in [5.41, 5.74) is 0. The van der Waals surface area contributed by atoms with Crippen molar-refractivity contribution in [2.75, 3.05) is 27.4 Å². The maximum atomic E-state index is 12.7. The number of benzene rings is 1. The van der Waals surface area contributed by atoms with E-state index in [1.54, 1.807) is 7.11 Å². The quantitative estimate of drug-likeness (QED) is 0.461. The Morgan fingerprint density at radius 3 is 2.30 bits per heavy atom. The summed E-state index contributed by atoms with van der Waals surface area (Å²) >= 11 is 0. The van der Waals surface area contributed by atoms with E-state index < -0.39 is 0 Å². The van der Waals surface area contributed by atoms with Crippen molar-refractivity contribution in [2.24, 2.45) is 0 Å². The molecular weight excluding hydrogens is 346 g/mol. The van der Waals surface area contributed by atoms with Gasteiger partial charge in [0.05, 0.1) is 27.2 Å². The van der Waals surface area contributed by atoms with Crippen LogP contribution in [0.1, 0.15) is 51.4 Å². The summed E-state index contributed by atoms with van der Waals surface area (Å²) in [5.74, 6) is 1.37. The Morgan fingerprint density at radius 1 is 1.00 bits per heavy atom. The minimum atomic E-state index is -0.272. The number of esters is 1. The van der Waals surface area contributed by atoms with Crippen LogP contribution < -0.4 is 9.47 Å². The molecule has 0 radical (unpaired) electrons. The van der Waals surface area contributed by atoms with Gasteiger partial charge >= 0.3 is 5.97 Å². The predicted octanol–water partition coefficient (Wildman–Crippen LogP) is 3.58. The number of carbonyl (C=O) groups excluding carboxylic acids is 2. The van der Waals surface area contributed by atoms with Crippen LogP contribution in [-0.2, 0) is 14.3 Å². The Bertz CT molecular complexity index is 581. The lowest BCUT2D eigenvalue weighted by atomic mass is 9.93. The monoisotopic (exact) mass is 377 g/mol. The lowest BCUT2D eigenvalue weighted by Gasteiger charge is -2.34. The molecule has 2 rings (SSSR count). The zero-order chi connectivity index (χ0) is 19.5. The molecule has 6 nitrogen and oxygen atoms in total. The van der Waals surface area contributed by atoms with Crippen molar-refractivity contribution in [1.29, 1.82) is 0 Å². The first kappa shape index (κ1) is 21.1. The van der Waals surface area contributed by atoms with E-state index in [4.69, 9.17) is 14.2 Å². The lowest BCUT2D eigenvalue weighted by Crippen LogP contribution is -2.42. The third-order valence-electron chi connectivity index (χ3n) is 4.98. The molecule has 0 aromatic heterocycles. The van der Waals surface area contributed by atoms with E-state index in [0.717, 1.165) is 37.2 Å². The van der Waals surface area contributed by atoms with Gasteiger partial charge in [-0.1, -0.05) is 19.3 Å². The number of nitrogens with zero attached hydrogens (tertiary/aromatic N) is 1. The van der Waals surface area contributed by atoms with Crippen LogP contribution in [0.15, 0.2) is 24.3 Å². The van der Waals surface area contributed by atoms with Crippen molar-refractivity contribution < 1.29 is 23.8 Å². The number of hydrogen-bond acceptors (Lipinski definition) is 5. The van der Waals surface area contributed by atoms with Gasteiger partial charge in [0.25, 0.3) is 0 Å². The van der Waals surface area contributed by atoms with Gasteiger partial charge < -0.3 is 19.1 Å². The van der Waals surface area contributed by atoms with Crippen molar-refractivity contribution >= 4 is 11.9 Å². The van der Waals surface area contributed by atoms with Crippen molar-refractivity contribution in [2.45, 2.75) is 57.4 Å². The van der Waals surface area contributed by atoms with E-state index in [1.165, 1.54) is 13.5 Å². The smallest absolute Gasteiger partial charge is 0.307 e. The fraction of sp³-hybridized carbons (Fsp3) is 0.619. The maximum absolute atomic E-state index is 12.7. The predicted molar refractivity (Wildman–Crippen MR) is 103 cm³/mol. The van der Waals surface area contributed by atoms with Gasteiger partial charge in [-0.05, 0) is 43.5 Å². The second kappa shape index (κ2) is 11.5. The third kappa shape index (κ3) is 7.12. The molecule has 0 atom stereocenters. The van der Waals surface area contributed by atoms with Gasteiger partial charge in [-0.25, -0.2) is 0 Å². The molecule has 27 heavy (non-hydrogen) atoms. The average Bonchev–Trinajstić information content (AvgIpc) is 2.72. The maximum Gasteiger partial charge on any atom is 0.307 e. The van der Waals surface area contributed by atoms with Crippen LogP contribution in [0.3, 0.4) is 0 Å². The van der Waals surface area contributed by atoms with Gasteiger partial charge in [0, 0.05) is 19.0 Å². The Morgan fingerprint density at radius 2 is 1.67 bits per heavy atom. The second-order valence-electron chi connectivity index (χ2n) is 6.83. The highest BCUT2D eigenvalue weighted by atomic mass is 16.5. The van der Waals surface area contributed by atoms with Gasteiger partial charge in [-0.15, -0.1) is 0 Å². The summed E-state index contributed by atoms with van der Waals surface area (Å²) in [7, 11) is 3.01. The largest absolute Gasteiger partial charge is 0.497 e. The van der Waals surface area contributed by atoms with Crippen molar-refractivity contribution in [3.8, 4) is 11.5 Å². The molecule has 1 fully saturated rings. The molecule has 6 heteroatoms. The molecule has 1 aliphatic rings. The summed E-state index contributed by atoms with van der Waals surface area (Å²) in [6.45, 7) is 0.920. The van der Waals surface area contributed by atoms with E-state index >= 15 is 0 Å². The standard InChI is InChI=1S/C21H31NO5/c1-25-18-10-12-19(13-11-18)27-16-6-9-20(23)22(15-14-21(24)26-2)17-7-4-3-5-8-17/h10-13,17H,3-9,14-16H2,1-2H3. The van der Waals surface area contributed by atoms with Crippen LogP contribution in [0, 0.1) is 0 Å².